The minimum Gasteiger partial charge on any atom is -0.382 e. The van der Waals surface area contributed by atoms with Crippen LogP contribution in [0.3, 0.4) is 0 Å². The molecule has 0 aliphatic carbocycles. The molecule has 2 heterocycles. The van der Waals surface area contributed by atoms with Gasteiger partial charge in [-0.3, -0.25) is 9.48 Å². The molecule has 0 spiro atoms. The van der Waals surface area contributed by atoms with Crippen LogP contribution in [0.4, 0.5) is 5.69 Å². The van der Waals surface area contributed by atoms with Crippen molar-refractivity contribution >= 4 is 5.69 Å². The Labute approximate surface area is 123 Å². The largest absolute Gasteiger partial charge is 0.382 e. The number of anilines is 1. The van der Waals surface area contributed by atoms with Crippen molar-refractivity contribution in [3.8, 4) is 0 Å². The van der Waals surface area contributed by atoms with E-state index < -0.39 is 0 Å². The lowest BCUT2D eigenvalue weighted by Gasteiger charge is -2.08. The Morgan fingerprint density at radius 1 is 1.48 bits per heavy atom. The Kier molecular flexibility index (Phi) is 5.10. The number of hydrogen-bond donors (Lipinski definition) is 2. The maximum atomic E-state index is 12.0. The normalized spacial score (nSPS) is 12.3. The monoisotopic (exact) mass is 290 g/mol. The Morgan fingerprint density at radius 3 is 2.95 bits per heavy atom. The molecule has 2 aromatic heterocycles. The van der Waals surface area contributed by atoms with Crippen LogP contribution in [0.25, 0.3) is 0 Å². The fourth-order valence-electron chi connectivity index (χ4n) is 1.91. The first-order chi connectivity index (χ1) is 10.1. The summed E-state index contributed by atoms with van der Waals surface area (Å²) in [4.78, 5) is 12.0. The molecule has 0 aliphatic rings. The van der Waals surface area contributed by atoms with E-state index in [1.165, 1.54) is 10.7 Å². The van der Waals surface area contributed by atoms with Gasteiger partial charge in [0.25, 0.3) is 5.56 Å². The van der Waals surface area contributed by atoms with E-state index in [4.69, 9.17) is 5.73 Å². The van der Waals surface area contributed by atoms with Gasteiger partial charge in [-0.25, -0.2) is 4.68 Å². The summed E-state index contributed by atoms with van der Waals surface area (Å²) in [6.45, 7) is 5.73. The van der Waals surface area contributed by atoms with Crippen LogP contribution in [-0.4, -0.2) is 32.7 Å². The summed E-state index contributed by atoms with van der Waals surface area (Å²) in [5, 5.41) is 11.7. The molecular formula is C14H22N6O. The first kappa shape index (κ1) is 15.2. The first-order valence-corrected chi connectivity index (χ1v) is 7.19. The molecule has 0 aliphatic heterocycles. The van der Waals surface area contributed by atoms with Gasteiger partial charge in [-0.2, -0.15) is 10.2 Å². The summed E-state index contributed by atoms with van der Waals surface area (Å²) in [5.74, 6) is 0. The third-order valence-corrected chi connectivity index (χ3v) is 3.36. The second kappa shape index (κ2) is 7.03. The highest BCUT2D eigenvalue weighted by Gasteiger charge is 2.07. The topological polar surface area (TPSA) is 90.8 Å². The van der Waals surface area contributed by atoms with Gasteiger partial charge >= 0.3 is 0 Å². The standard InChI is InChI=1S/C14H22N6O/c1-3-11(2)19-7-4-12(18-19)10-20-14(21)8-13(9-17-20)16-6-5-15/h4,7-9,11,16H,3,5-6,10,15H2,1-2H3. The molecule has 114 valence electrons. The van der Waals surface area contributed by atoms with E-state index in [0.29, 0.717) is 31.4 Å². The predicted octanol–water partition coefficient (Wildman–Crippen LogP) is 0.830. The van der Waals surface area contributed by atoms with Crippen molar-refractivity contribution in [2.45, 2.75) is 32.9 Å². The predicted molar refractivity (Wildman–Crippen MR) is 82.4 cm³/mol. The summed E-state index contributed by atoms with van der Waals surface area (Å²) < 4.78 is 3.31. The van der Waals surface area contributed by atoms with Gasteiger partial charge in [-0.1, -0.05) is 6.92 Å². The number of rotatable bonds is 7. The fourth-order valence-corrected chi connectivity index (χ4v) is 1.91. The molecule has 0 radical (unpaired) electrons. The van der Waals surface area contributed by atoms with Crippen molar-refractivity contribution in [3.63, 3.8) is 0 Å². The SMILES string of the molecule is CCC(C)n1ccc(Cn2ncc(NCCN)cc2=O)n1. The molecule has 7 heteroatoms. The molecule has 21 heavy (non-hydrogen) atoms. The molecule has 0 bridgehead atoms. The van der Waals surface area contributed by atoms with Gasteiger partial charge in [0.1, 0.15) is 0 Å². The minimum atomic E-state index is -0.157. The Hall–Kier alpha value is -2.15. The van der Waals surface area contributed by atoms with E-state index in [0.717, 1.165) is 12.1 Å². The zero-order valence-electron chi connectivity index (χ0n) is 12.5. The molecular weight excluding hydrogens is 268 g/mol. The highest BCUT2D eigenvalue weighted by Crippen LogP contribution is 2.09. The Bertz CT molecular complexity index is 632. The minimum absolute atomic E-state index is 0.157. The highest BCUT2D eigenvalue weighted by atomic mass is 16.1. The lowest BCUT2D eigenvalue weighted by Crippen LogP contribution is -2.24. The Balaban J connectivity index is 2.09. The number of nitrogens with zero attached hydrogens (tertiary/aromatic N) is 4. The second-order valence-corrected chi connectivity index (χ2v) is 5.00. The maximum absolute atomic E-state index is 12.0. The van der Waals surface area contributed by atoms with Gasteiger partial charge < -0.3 is 11.1 Å². The lowest BCUT2D eigenvalue weighted by molar-refractivity contribution is 0.470. The molecule has 2 rings (SSSR count). The van der Waals surface area contributed by atoms with E-state index in [1.807, 2.05) is 16.9 Å². The fraction of sp³-hybridized carbons (Fsp3) is 0.500. The van der Waals surface area contributed by atoms with E-state index >= 15 is 0 Å². The molecule has 0 saturated carbocycles. The molecule has 7 nitrogen and oxygen atoms in total. The van der Waals surface area contributed by atoms with Crippen molar-refractivity contribution in [2.75, 3.05) is 18.4 Å². The summed E-state index contributed by atoms with van der Waals surface area (Å²) in [5.41, 5.74) is 6.76. The van der Waals surface area contributed by atoms with Gasteiger partial charge in [0.05, 0.1) is 24.1 Å². The van der Waals surface area contributed by atoms with Crippen molar-refractivity contribution in [3.05, 3.63) is 40.6 Å². The van der Waals surface area contributed by atoms with E-state index in [1.54, 1.807) is 6.20 Å². The van der Waals surface area contributed by atoms with Crippen LogP contribution in [0.15, 0.2) is 29.3 Å². The van der Waals surface area contributed by atoms with Crippen LogP contribution in [0.2, 0.25) is 0 Å². The van der Waals surface area contributed by atoms with E-state index in [-0.39, 0.29) is 5.56 Å². The van der Waals surface area contributed by atoms with Gasteiger partial charge in [-0.15, -0.1) is 0 Å². The molecule has 3 N–H and O–H groups in total. The summed E-state index contributed by atoms with van der Waals surface area (Å²) >= 11 is 0. The third-order valence-electron chi connectivity index (χ3n) is 3.36. The average molecular weight is 290 g/mol. The molecule has 1 unspecified atom stereocenters. The smallest absolute Gasteiger partial charge is 0.269 e. The number of nitrogens with one attached hydrogen (secondary N) is 1. The molecule has 2 aromatic rings. The summed E-state index contributed by atoms with van der Waals surface area (Å²) in [7, 11) is 0. The molecule has 0 aromatic carbocycles. The van der Waals surface area contributed by atoms with Crippen molar-refractivity contribution in [1.82, 2.24) is 19.6 Å². The van der Waals surface area contributed by atoms with Crippen LogP contribution in [0, 0.1) is 0 Å². The second-order valence-electron chi connectivity index (χ2n) is 5.00. The Morgan fingerprint density at radius 2 is 2.29 bits per heavy atom. The lowest BCUT2D eigenvalue weighted by atomic mass is 10.3. The number of hydrogen-bond acceptors (Lipinski definition) is 5. The van der Waals surface area contributed by atoms with Gasteiger partial charge in [0.2, 0.25) is 0 Å². The molecule has 0 fully saturated rings. The molecule has 0 amide bonds. The van der Waals surface area contributed by atoms with Crippen LogP contribution >= 0.6 is 0 Å². The van der Waals surface area contributed by atoms with Crippen molar-refractivity contribution < 1.29 is 0 Å². The van der Waals surface area contributed by atoms with Crippen LogP contribution in [0.1, 0.15) is 32.0 Å². The average Bonchev–Trinajstić information content (AvgIpc) is 2.95. The van der Waals surface area contributed by atoms with E-state index in [9.17, 15) is 4.79 Å². The zero-order chi connectivity index (χ0) is 15.2. The summed E-state index contributed by atoms with van der Waals surface area (Å²) in [6.07, 6.45) is 4.58. The molecule has 0 saturated heterocycles. The quantitative estimate of drug-likeness (QED) is 0.788. The van der Waals surface area contributed by atoms with E-state index in [2.05, 4.69) is 29.4 Å². The highest BCUT2D eigenvalue weighted by molar-refractivity contribution is 5.38. The summed E-state index contributed by atoms with van der Waals surface area (Å²) in [6, 6.07) is 3.79. The van der Waals surface area contributed by atoms with Crippen LogP contribution in [-0.2, 0) is 6.54 Å². The van der Waals surface area contributed by atoms with Crippen LogP contribution in [0.5, 0.6) is 0 Å². The van der Waals surface area contributed by atoms with Crippen molar-refractivity contribution in [1.29, 1.82) is 0 Å². The van der Waals surface area contributed by atoms with Gasteiger partial charge in [-0.05, 0) is 19.4 Å². The number of nitrogens with two attached hydrogens (primary N) is 1. The van der Waals surface area contributed by atoms with Crippen LogP contribution < -0.4 is 16.6 Å². The first-order valence-electron chi connectivity index (χ1n) is 7.19. The van der Waals surface area contributed by atoms with Gasteiger partial charge in [0.15, 0.2) is 0 Å². The van der Waals surface area contributed by atoms with Gasteiger partial charge in [0, 0.05) is 31.4 Å². The zero-order valence-corrected chi connectivity index (χ0v) is 12.5. The molecule has 1 atom stereocenters. The number of aromatic nitrogens is 4. The van der Waals surface area contributed by atoms with Crippen molar-refractivity contribution in [2.24, 2.45) is 5.73 Å². The third kappa shape index (κ3) is 3.91. The maximum Gasteiger partial charge on any atom is 0.269 e.